The summed E-state index contributed by atoms with van der Waals surface area (Å²) in [6, 6.07) is 4.09. The van der Waals surface area contributed by atoms with E-state index in [1.54, 1.807) is 7.05 Å². The number of aliphatic hydroxyl groups excluding tert-OH is 1. The molecule has 2 aliphatic heterocycles. The third kappa shape index (κ3) is 6.88. The van der Waals surface area contributed by atoms with Crippen molar-refractivity contribution in [2.24, 2.45) is 12.8 Å². The highest BCUT2D eigenvalue weighted by Gasteiger charge is 2.56. The van der Waals surface area contributed by atoms with Crippen LogP contribution in [0.3, 0.4) is 0 Å². The molecule has 1 saturated heterocycles. The third-order valence-electron chi connectivity index (χ3n) is 6.23. The number of carboxylic acid groups (broad SMARTS) is 2. The summed E-state index contributed by atoms with van der Waals surface area (Å²) >= 11 is 2.18. The Bertz CT molecular complexity index is 1450. The molecule has 2 aromatic rings. The van der Waals surface area contributed by atoms with E-state index in [4.69, 9.17) is 20.3 Å². The lowest BCUT2D eigenvalue weighted by Gasteiger charge is -2.50. The number of tetrazole rings is 1. The van der Waals surface area contributed by atoms with Crippen LogP contribution in [0, 0.1) is 0 Å². The molecule has 5 atom stereocenters. The summed E-state index contributed by atoms with van der Waals surface area (Å²) in [5, 5.41) is 44.4. The van der Waals surface area contributed by atoms with Crippen LogP contribution in [0.1, 0.15) is 11.7 Å². The Morgan fingerprint density at radius 3 is 2.49 bits per heavy atom. The van der Waals surface area contributed by atoms with Crippen molar-refractivity contribution in [2.75, 3.05) is 24.8 Å². The predicted octanol–water partition coefficient (Wildman–Crippen LogP) is -1.29. The minimum Gasteiger partial charge on any atom is -0.480 e. The molecule has 0 aliphatic carbocycles. The number of methoxy groups -OCH3 is 1. The zero-order valence-electron chi connectivity index (χ0n) is 22.4. The summed E-state index contributed by atoms with van der Waals surface area (Å²) in [6.07, 6.45) is -3.58. The molecule has 1 aromatic carbocycles. The van der Waals surface area contributed by atoms with Gasteiger partial charge in [0, 0.05) is 31.2 Å². The molecule has 0 radical (unpaired) electrons. The van der Waals surface area contributed by atoms with Crippen molar-refractivity contribution < 1.29 is 48.8 Å². The maximum atomic E-state index is 13.2. The van der Waals surface area contributed by atoms with Gasteiger partial charge in [0.25, 0.3) is 11.8 Å². The van der Waals surface area contributed by atoms with Gasteiger partial charge in [0.1, 0.15) is 29.1 Å². The molecule has 230 valence electrons. The van der Waals surface area contributed by atoms with Crippen molar-refractivity contribution in [3.8, 4) is 0 Å². The van der Waals surface area contributed by atoms with Crippen molar-refractivity contribution in [1.29, 1.82) is 0 Å². The molecule has 1 aromatic heterocycles. The number of carbonyl (C=O) groups is 5. The molecule has 1 fully saturated rings. The van der Waals surface area contributed by atoms with Crippen LogP contribution in [0.5, 0.6) is 0 Å². The second-order valence-electron chi connectivity index (χ2n) is 9.03. The van der Waals surface area contributed by atoms with Gasteiger partial charge in [-0.3, -0.25) is 24.6 Å². The number of aliphatic carboxylic acids is 2. The highest BCUT2D eigenvalue weighted by molar-refractivity contribution is 8.01. The minimum atomic E-state index is -1.69. The Kier molecular flexibility index (Phi) is 9.86. The molecule has 2 aliphatic rings. The molecule has 3 amide bonds. The number of aromatic nitrogens is 4. The number of aryl methyl sites for hydroxylation is 1. The number of hydrogen-bond donors (Lipinski definition) is 6. The van der Waals surface area contributed by atoms with Gasteiger partial charge in [-0.25, -0.2) is 14.3 Å². The number of thioether (sulfide) groups is 2. The summed E-state index contributed by atoms with van der Waals surface area (Å²) in [6.45, 7) is -0.552. The monoisotopic (exact) mass is 638 g/mol. The van der Waals surface area contributed by atoms with Gasteiger partial charge in [-0.15, -0.1) is 16.9 Å². The van der Waals surface area contributed by atoms with Gasteiger partial charge in [-0.1, -0.05) is 23.9 Å². The number of rotatable bonds is 12. The van der Waals surface area contributed by atoms with Crippen LogP contribution in [-0.4, -0.2) is 113 Å². The smallest absolute Gasteiger partial charge is 0.411 e. The van der Waals surface area contributed by atoms with Crippen LogP contribution in [0.15, 0.2) is 40.7 Å². The van der Waals surface area contributed by atoms with E-state index in [1.807, 2.05) is 0 Å². The molecule has 20 heteroatoms. The van der Waals surface area contributed by atoms with E-state index in [0.717, 1.165) is 28.4 Å². The maximum absolute atomic E-state index is 13.2. The van der Waals surface area contributed by atoms with Gasteiger partial charge in [0.05, 0.1) is 0 Å². The largest absolute Gasteiger partial charge is 0.480 e. The topological polar surface area (TPSA) is 261 Å². The van der Waals surface area contributed by atoms with Crippen molar-refractivity contribution in [1.82, 2.24) is 30.4 Å². The number of nitrogens with one attached hydrogen (secondary N) is 2. The number of aliphatic hydroxyl groups is 1. The molecule has 18 nitrogen and oxygen atoms in total. The molecule has 7 N–H and O–H groups in total. The molecule has 0 spiro atoms. The molecule has 2 unspecified atom stereocenters. The van der Waals surface area contributed by atoms with E-state index < -0.39 is 65.5 Å². The molecular weight excluding hydrogens is 612 g/mol. The molecule has 43 heavy (non-hydrogen) atoms. The van der Waals surface area contributed by atoms with Crippen LogP contribution in [0.25, 0.3) is 0 Å². The van der Waals surface area contributed by atoms with Crippen LogP contribution in [-0.2, 0) is 35.7 Å². The first-order valence-electron chi connectivity index (χ1n) is 12.3. The Labute approximate surface area is 250 Å². The zero-order chi connectivity index (χ0) is 31.4. The normalized spacial score (nSPS) is 20.9. The Morgan fingerprint density at radius 2 is 1.91 bits per heavy atom. The zero-order valence-corrected chi connectivity index (χ0v) is 24.1. The fourth-order valence-corrected chi connectivity index (χ4v) is 6.55. The molecule has 0 bridgehead atoms. The molecular formula is C23H26N8O10S2. The fraction of sp³-hybridized carbons (Fsp3) is 0.391. The summed E-state index contributed by atoms with van der Waals surface area (Å²) in [5.74, 6) is -4.12. The van der Waals surface area contributed by atoms with Gasteiger partial charge in [0.15, 0.2) is 12.2 Å². The number of nitrogens with two attached hydrogens (primary N) is 1. The Morgan fingerprint density at radius 1 is 1.21 bits per heavy atom. The van der Waals surface area contributed by atoms with E-state index in [0.29, 0.717) is 5.16 Å². The summed E-state index contributed by atoms with van der Waals surface area (Å²) in [4.78, 5) is 61.8. The average Bonchev–Trinajstić information content (AvgIpc) is 3.38. The van der Waals surface area contributed by atoms with Crippen molar-refractivity contribution >= 4 is 59.1 Å². The first-order chi connectivity index (χ1) is 20.4. The minimum absolute atomic E-state index is 0.00806. The lowest BCUT2D eigenvalue weighted by atomic mass is 10.0. The number of fused-ring (bicyclic) bond motifs is 1. The van der Waals surface area contributed by atoms with E-state index in [9.17, 15) is 34.2 Å². The maximum Gasteiger partial charge on any atom is 0.411 e. The highest BCUT2D eigenvalue weighted by atomic mass is 32.2. The van der Waals surface area contributed by atoms with Crippen LogP contribution in [0.4, 0.5) is 10.5 Å². The summed E-state index contributed by atoms with van der Waals surface area (Å²) in [5.41, 5.74) is 5.52. The quantitative estimate of drug-likeness (QED) is 0.117. The first-order valence-corrected chi connectivity index (χ1v) is 14.2. The number of carbonyl (C=O) groups excluding carboxylic acids is 3. The van der Waals surface area contributed by atoms with E-state index in [1.165, 1.54) is 36.1 Å². The molecule has 3 heterocycles. The molecule has 0 saturated carbocycles. The van der Waals surface area contributed by atoms with Crippen LogP contribution < -0.4 is 16.4 Å². The SMILES string of the molecule is CO[C@@H]1C(=O)N2C(C(=O)O)=C(CSc3nnnn3C)C(NC(=O)C(O)c3ccc(NC(=O)OC[C@@H](N)C(=O)O)cc3)S[C@@H]12. The van der Waals surface area contributed by atoms with Crippen molar-refractivity contribution in [3.63, 3.8) is 0 Å². The Balaban J connectivity index is 1.48. The predicted molar refractivity (Wildman–Crippen MR) is 147 cm³/mol. The third-order valence-corrected chi connectivity index (χ3v) is 8.70. The number of benzene rings is 1. The van der Waals surface area contributed by atoms with Crippen LogP contribution >= 0.6 is 23.5 Å². The summed E-state index contributed by atoms with van der Waals surface area (Å²) < 4.78 is 11.3. The lowest BCUT2D eigenvalue weighted by Crippen LogP contribution is -2.67. The number of ether oxygens (including phenoxy) is 2. The van der Waals surface area contributed by atoms with Gasteiger partial charge in [0.2, 0.25) is 5.16 Å². The van der Waals surface area contributed by atoms with Gasteiger partial charge >= 0.3 is 18.0 Å². The fourth-order valence-electron chi connectivity index (χ4n) is 4.02. The average molecular weight is 639 g/mol. The van der Waals surface area contributed by atoms with Crippen molar-refractivity contribution in [2.45, 2.75) is 34.2 Å². The van der Waals surface area contributed by atoms with Crippen LogP contribution in [0.2, 0.25) is 0 Å². The van der Waals surface area contributed by atoms with Crippen molar-refractivity contribution in [3.05, 3.63) is 41.1 Å². The second kappa shape index (κ2) is 13.4. The van der Waals surface area contributed by atoms with Gasteiger partial charge < -0.3 is 35.8 Å². The first kappa shape index (κ1) is 31.7. The van der Waals surface area contributed by atoms with Gasteiger partial charge in [-0.2, -0.15) is 0 Å². The van der Waals surface area contributed by atoms with E-state index in [-0.39, 0.29) is 28.3 Å². The number of β-lactam (4-membered cyclic amide) rings is 1. The molecule has 4 rings (SSSR count). The number of anilines is 1. The number of carboxylic acids is 2. The number of amides is 3. The number of nitrogens with zero attached hydrogens (tertiary/aromatic N) is 5. The van der Waals surface area contributed by atoms with Gasteiger partial charge in [-0.05, 0) is 28.1 Å². The Hall–Kier alpha value is -4.24. The highest BCUT2D eigenvalue weighted by Crippen LogP contribution is 2.45. The lowest BCUT2D eigenvalue weighted by molar-refractivity contribution is -0.162. The second-order valence-corrected chi connectivity index (χ2v) is 11.2. The van der Waals surface area contributed by atoms with E-state index in [2.05, 4.69) is 26.2 Å². The number of hydrogen-bond acceptors (Lipinski definition) is 14. The van der Waals surface area contributed by atoms with E-state index >= 15 is 0 Å². The standard InChI is InChI=1S/C23H26N8O10S2/c1-30-22(27-28-29-30)42-8-11-13(21(37)38)31-18(34)15(40-2)19(31)43-17(11)26-16(33)14(32)9-3-5-10(6-4-9)25-23(39)41-7-12(24)20(35)36/h3-6,12,14-15,17,19,32H,7-8,24H2,1-2H3,(H,25,39)(H,26,33)(H,35,36)(H,37,38)/t12-,14?,15-,17?,19+/m1/s1. The summed E-state index contributed by atoms with van der Waals surface area (Å²) in [7, 11) is 2.91.